The van der Waals surface area contributed by atoms with E-state index < -0.39 is 40.3 Å². The fourth-order valence-electron chi connectivity index (χ4n) is 1.16. The summed E-state index contributed by atoms with van der Waals surface area (Å²) in [6, 6.07) is 1.64. The molecule has 0 amide bonds. The van der Waals surface area contributed by atoms with Crippen molar-refractivity contribution in [2.45, 2.75) is 0 Å². The Kier molecular flexibility index (Phi) is 5.40. The summed E-state index contributed by atoms with van der Waals surface area (Å²) >= 11 is 0. The van der Waals surface area contributed by atoms with Gasteiger partial charge in [0.05, 0.1) is 5.56 Å². The molecule has 8 heteroatoms. The van der Waals surface area contributed by atoms with Crippen molar-refractivity contribution in [2.75, 3.05) is 0 Å². The van der Waals surface area contributed by atoms with Crippen LogP contribution in [0.4, 0.5) is 0 Å². The van der Waals surface area contributed by atoms with Crippen molar-refractivity contribution in [3.63, 3.8) is 0 Å². The van der Waals surface area contributed by atoms with Crippen molar-refractivity contribution >= 4 is 55.6 Å². The zero-order valence-corrected chi connectivity index (χ0v) is 10.6. The zero-order valence-electron chi connectivity index (χ0n) is 8.38. The molecule has 1 aromatic rings. The fraction of sp³-hybridized carbons (Fsp3) is 0. The number of aromatic carboxylic acids is 3. The fourth-order valence-corrected chi connectivity index (χ4v) is 1.16. The summed E-state index contributed by atoms with van der Waals surface area (Å²) in [5.74, 6) is -5.89. The third-order valence-electron chi connectivity index (χ3n) is 1.85. The van der Waals surface area contributed by atoms with Gasteiger partial charge in [-0.2, -0.15) is 0 Å². The van der Waals surface area contributed by atoms with Crippen LogP contribution in [0.25, 0.3) is 0 Å². The molecular formula is C9H6CaO7. The van der Waals surface area contributed by atoms with Crippen LogP contribution in [0.5, 0.6) is 5.75 Å². The minimum Gasteiger partial charge on any atom is -0.506 e. The van der Waals surface area contributed by atoms with Gasteiger partial charge >= 0.3 is 17.9 Å². The van der Waals surface area contributed by atoms with Crippen LogP contribution in [-0.4, -0.2) is 76.1 Å². The van der Waals surface area contributed by atoms with Crippen molar-refractivity contribution in [2.24, 2.45) is 0 Å². The van der Waals surface area contributed by atoms with Crippen molar-refractivity contribution < 1.29 is 34.8 Å². The van der Waals surface area contributed by atoms with E-state index >= 15 is 0 Å². The number of benzene rings is 1. The molecule has 1 aromatic carbocycles. The van der Waals surface area contributed by atoms with Gasteiger partial charge in [-0.05, 0) is 12.1 Å². The molecule has 0 aliphatic heterocycles. The molecule has 0 aliphatic carbocycles. The van der Waals surface area contributed by atoms with E-state index in [1.165, 1.54) is 0 Å². The molecule has 0 bridgehead atoms. The predicted molar refractivity (Wildman–Crippen MR) is 54.7 cm³/mol. The number of aromatic hydroxyl groups is 1. The first kappa shape index (κ1) is 15.7. The van der Waals surface area contributed by atoms with E-state index in [0.717, 1.165) is 12.1 Å². The van der Waals surface area contributed by atoms with Gasteiger partial charge in [-0.25, -0.2) is 14.4 Å². The molecule has 86 valence electrons. The molecule has 7 nitrogen and oxygen atoms in total. The molecule has 0 atom stereocenters. The molecule has 0 aliphatic rings. The largest absolute Gasteiger partial charge is 0.506 e. The quantitative estimate of drug-likeness (QED) is 0.570. The van der Waals surface area contributed by atoms with Gasteiger partial charge in [0.2, 0.25) is 0 Å². The number of phenols is 1. The molecule has 0 spiro atoms. The van der Waals surface area contributed by atoms with E-state index in [-0.39, 0.29) is 37.7 Å². The van der Waals surface area contributed by atoms with Crippen LogP contribution in [0.1, 0.15) is 31.1 Å². The Balaban J connectivity index is 0.00000256. The van der Waals surface area contributed by atoms with Gasteiger partial charge in [-0.15, -0.1) is 0 Å². The van der Waals surface area contributed by atoms with E-state index in [2.05, 4.69) is 0 Å². The number of rotatable bonds is 3. The normalized spacial score (nSPS) is 9.18. The van der Waals surface area contributed by atoms with Gasteiger partial charge in [0, 0.05) is 37.7 Å². The Morgan fingerprint density at radius 1 is 0.824 bits per heavy atom. The Hall–Kier alpha value is -1.31. The molecule has 2 radical (unpaired) electrons. The van der Waals surface area contributed by atoms with Gasteiger partial charge in [-0.1, -0.05) is 0 Å². The predicted octanol–water partition coefficient (Wildman–Crippen LogP) is 0.106. The van der Waals surface area contributed by atoms with Crippen LogP contribution in [0.15, 0.2) is 12.1 Å². The smallest absolute Gasteiger partial charge is 0.340 e. The average molecular weight is 266 g/mol. The number of hydrogen-bond acceptors (Lipinski definition) is 4. The van der Waals surface area contributed by atoms with Gasteiger partial charge in [0.25, 0.3) is 0 Å². The van der Waals surface area contributed by atoms with Gasteiger partial charge in [0.15, 0.2) is 0 Å². The second-order valence-corrected chi connectivity index (χ2v) is 2.80. The van der Waals surface area contributed by atoms with Crippen molar-refractivity contribution in [1.29, 1.82) is 0 Å². The van der Waals surface area contributed by atoms with E-state index in [0.29, 0.717) is 0 Å². The molecule has 0 aromatic heterocycles. The summed E-state index contributed by atoms with van der Waals surface area (Å²) in [5, 5.41) is 35.3. The summed E-state index contributed by atoms with van der Waals surface area (Å²) in [7, 11) is 0. The number of carbonyl (C=O) groups is 3. The Bertz CT molecular complexity index is 494. The molecule has 17 heavy (non-hydrogen) atoms. The number of hydrogen-bond donors (Lipinski definition) is 4. The average Bonchev–Trinajstić information content (AvgIpc) is 2.15. The first-order valence-corrected chi connectivity index (χ1v) is 3.92. The maximum absolute atomic E-state index is 10.7. The summed E-state index contributed by atoms with van der Waals surface area (Å²) in [6.07, 6.45) is 0. The van der Waals surface area contributed by atoms with E-state index in [1.807, 2.05) is 0 Å². The second-order valence-electron chi connectivity index (χ2n) is 2.80. The molecule has 0 heterocycles. The Labute approximate surface area is 124 Å². The zero-order chi connectivity index (χ0) is 12.5. The molecule has 4 N–H and O–H groups in total. The van der Waals surface area contributed by atoms with Crippen LogP contribution in [0, 0.1) is 0 Å². The van der Waals surface area contributed by atoms with Crippen LogP contribution in [-0.2, 0) is 0 Å². The first-order valence-electron chi connectivity index (χ1n) is 3.92. The summed E-state index contributed by atoms with van der Waals surface area (Å²) < 4.78 is 0. The molecule has 1 rings (SSSR count). The molecule has 0 fully saturated rings. The number of carboxylic acid groups (broad SMARTS) is 3. The number of carboxylic acids is 3. The standard InChI is InChI=1S/C9H6O7.Ca/c10-6-4(8(13)14)2-1-3(7(11)12)5(6)9(15)16;/h1-2,10H,(H,11,12)(H,13,14)(H,15,16);. The van der Waals surface area contributed by atoms with Crippen molar-refractivity contribution in [3.8, 4) is 5.75 Å². The van der Waals surface area contributed by atoms with E-state index in [9.17, 15) is 19.5 Å². The summed E-state index contributed by atoms with van der Waals surface area (Å²) in [5.41, 5.74) is -2.27. The molecule has 0 unspecified atom stereocenters. The maximum Gasteiger partial charge on any atom is 0.340 e. The van der Waals surface area contributed by atoms with Gasteiger partial charge < -0.3 is 20.4 Å². The van der Waals surface area contributed by atoms with E-state index in [1.54, 1.807) is 0 Å². The molecule has 0 saturated heterocycles. The maximum atomic E-state index is 10.7. The molecule has 0 saturated carbocycles. The van der Waals surface area contributed by atoms with E-state index in [4.69, 9.17) is 15.3 Å². The van der Waals surface area contributed by atoms with Crippen LogP contribution < -0.4 is 0 Å². The SMILES string of the molecule is O=C(O)c1ccc(C(=O)O)c(C(=O)O)c1O.[Ca]. The summed E-state index contributed by atoms with van der Waals surface area (Å²) in [4.78, 5) is 31.9. The van der Waals surface area contributed by atoms with Crippen LogP contribution in [0.3, 0.4) is 0 Å². The van der Waals surface area contributed by atoms with Crippen molar-refractivity contribution in [1.82, 2.24) is 0 Å². The third-order valence-corrected chi connectivity index (χ3v) is 1.85. The minimum atomic E-state index is -1.71. The Morgan fingerprint density at radius 2 is 1.24 bits per heavy atom. The third kappa shape index (κ3) is 3.09. The summed E-state index contributed by atoms with van der Waals surface area (Å²) in [6.45, 7) is 0. The first-order chi connectivity index (χ1) is 7.36. The van der Waals surface area contributed by atoms with Crippen LogP contribution >= 0.6 is 0 Å². The second kappa shape index (κ2) is 5.85. The minimum absolute atomic E-state index is 0. The van der Waals surface area contributed by atoms with Gasteiger partial charge in [0.1, 0.15) is 16.9 Å². The Morgan fingerprint density at radius 3 is 1.59 bits per heavy atom. The van der Waals surface area contributed by atoms with Crippen molar-refractivity contribution in [3.05, 3.63) is 28.8 Å². The molecular weight excluding hydrogens is 260 g/mol. The van der Waals surface area contributed by atoms with Crippen LogP contribution in [0.2, 0.25) is 0 Å². The topological polar surface area (TPSA) is 132 Å². The monoisotopic (exact) mass is 266 g/mol. The van der Waals surface area contributed by atoms with Gasteiger partial charge in [-0.3, -0.25) is 0 Å².